The monoisotopic (exact) mass is 226 g/mol. The summed E-state index contributed by atoms with van der Waals surface area (Å²) in [5.41, 5.74) is 1.61. The van der Waals surface area contributed by atoms with Gasteiger partial charge >= 0.3 is 0 Å². The van der Waals surface area contributed by atoms with Crippen molar-refractivity contribution in [3.8, 4) is 5.75 Å². The highest BCUT2D eigenvalue weighted by Crippen LogP contribution is 2.38. The first-order valence-corrected chi connectivity index (χ1v) is 4.90. The van der Waals surface area contributed by atoms with E-state index < -0.39 is 0 Å². The third-order valence-electron chi connectivity index (χ3n) is 2.44. The maximum atomic E-state index is 11.5. The van der Waals surface area contributed by atoms with E-state index >= 15 is 0 Å². The van der Waals surface area contributed by atoms with Crippen molar-refractivity contribution in [1.29, 1.82) is 0 Å². The lowest BCUT2D eigenvalue weighted by molar-refractivity contribution is -0.117. The highest BCUT2D eigenvalue weighted by molar-refractivity contribution is 6.32. The van der Waals surface area contributed by atoms with Crippen molar-refractivity contribution < 1.29 is 9.53 Å². The molecule has 2 N–H and O–H groups in total. The molecule has 1 amide bonds. The molecule has 0 saturated heterocycles. The average Bonchev–Trinajstić information content (AvgIpc) is 2.51. The zero-order valence-corrected chi connectivity index (χ0v) is 9.18. The van der Waals surface area contributed by atoms with E-state index in [1.807, 2.05) is 0 Å². The Bertz CT molecular complexity index is 420. The number of hydrogen-bond acceptors (Lipinski definition) is 3. The molecule has 0 fully saturated rings. The van der Waals surface area contributed by atoms with Crippen LogP contribution in [0.2, 0.25) is 5.02 Å². The summed E-state index contributed by atoms with van der Waals surface area (Å²) in [7, 11) is 3.28. The van der Waals surface area contributed by atoms with Crippen molar-refractivity contribution in [3.63, 3.8) is 0 Å². The number of anilines is 1. The fourth-order valence-electron chi connectivity index (χ4n) is 1.71. The second-order valence-corrected chi connectivity index (χ2v) is 3.69. The van der Waals surface area contributed by atoms with Gasteiger partial charge in [0.15, 0.2) is 0 Å². The Balaban J connectivity index is 2.51. The van der Waals surface area contributed by atoms with E-state index in [0.29, 0.717) is 10.8 Å². The van der Waals surface area contributed by atoms with Gasteiger partial charge in [-0.1, -0.05) is 11.6 Å². The van der Waals surface area contributed by atoms with Gasteiger partial charge in [-0.2, -0.15) is 0 Å². The standard InChI is InChI=1S/C10H11ClN2O2/c1-12-9-5-3-6(11)8(15-2)4-7(5)13-10(9)14/h3-4,9,12H,1-2H3,(H,13,14). The van der Waals surface area contributed by atoms with Gasteiger partial charge in [0, 0.05) is 17.3 Å². The summed E-state index contributed by atoms with van der Waals surface area (Å²) in [5, 5.41) is 6.19. The molecule has 5 heteroatoms. The van der Waals surface area contributed by atoms with Crippen molar-refractivity contribution in [2.24, 2.45) is 0 Å². The minimum atomic E-state index is -0.330. The summed E-state index contributed by atoms with van der Waals surface area (Å²) in [6.07, 6.45) is 0. The molecule has 0 radical (unpaired) electrons. The molecule has 4 nitrogen and oxygen atoms in total. The molecule has 0 aromatic heterocycles. The molecule has 2 rings (SSSR count). The number of carbonyl (C=O) groups excluding carboxylic acids is 1. The molecule has 1 aliphatic rings. The number of halogens is 1. The minimum Gasteiger partial charge on any atom is -0.495 e. The maximum Gasteiger partial charge on any atom is 0.246 e. The number of carbonyl (C=O) groups is 1. The molecule has 0 aliphatic carbocycles. The largest absolute Gasteiger partial charge is 0.495 e. The van der Waals surface area contributed by atoms with Gasteiger partial charge in [-0.05, 0) is 13.1 Å². The van der Waals surface area contributed by atoms with Gasteiger partial charge in [-0.3, -0.25) is 4.79 Å². The van der Waals surface area contributed by atoms with Gasteiger partial charge in [-0.15, -0.1) is 0 Å². The highest BCUT2D eigenvalue weighted by Gasteiger charge is 2.30. The smallest absolute Gasteiger partial charge is 0.246 e. The fourth-order valence-corrected chi connectivity index (χ4v) is 1.95. The second-order valence-electron chi connectivity index (χ2n) is 3.28. The molecular formula is C10H11ClN2O2. The van der Waals surface area contributed by atoms with Crippen LogP contribution in [0.4, 0.5) is 5.69 Å². The van der Waals surface area contributed by atoms with Crippen LogP contribution in [0.1, 0.15) is 11.6 Å². The van der Waals surface area contributed by atoms with Crippen molar-refractivity contribution >= 4 is 23.2 Å². The van der Waals surface area contributed by atoms with Crippen LogP contribution in [0, 0.1) is 0 Å². The van der Waals surface area contributed by atoms with Crippen LogP contribution in [-0.4, -0.2) is 20.1 Å². The van der Waals surface area contributed by atoms with Crippen molar-refractivity contribution in [3.05, 3.63) is 22.7 Å². The number of methoxy groups -OCH3 is 1. The van der Waals surface area contributed by atoms with E-state index in [4.69, 9.17) is 16.3 Å². The van der Waals surface area contributed by atoms with Crippen molar-refractivity contribution in [2.45, 2.75) is 6.04 Å². The predicted octanol–water partition coefficient (Wildman–Crippen LogP) is 1.56. The number of hydrogen-bond donors (Lipinski definition) is 2. The Morgan fingerprint density at radius 3 is 2.87 bits per heavy atom. The lowest BCUT2D eigenvalue weighted by Crippen LogP contribution is -2.23. The Labute approximate surface area is 92.6 Å². The van der Waals surface area contributed by atoms with E-state index in [1.165, 1.54) is 0 Å². The number of likely N-dealkylation sites (N-methyl/N-ethyl adjacent to an activating group) is 1. The first kappa shape index (κ1) is 10.3. The van der Waals surface area contributed by atoms with Crippen LogP contribution in [0.25, 0.3) is 0 Å². The quantitative estimate of drug-likeness (QED) is 0.805. The highest BCUT2D eigenvalue weighted by atomic mass is 35.5. The predicted molar refractivity (Wildman–Crippen MR) is 58.4 cm³/mol. The Morgan fingerprint density at radius 2 is 2.27 bits per heavy atom. The van der Waals surface area contributed by atoms with E-state index in [0.717, 1.165) is 11.3 Å². The summed E-state index contributed by atoms with van der Waals surface area (Å²) in [5.74, 6) is 0.490. The average molecular weight is 227 g/mol. The molecular weight excluding hydrogens is 216 g/mol. The zero-order valence-electron chi connectivity index (χ0n) is 8.43. The molecule has 0 spiro atoms. The molecule has 0 saturated carbocycles. The number of amides is 1. The summed E-state index contributed by atoms with van der Waals surface area (Å²) < 4.78 is 5.07. The van der Waals surface area contributed by atoms with Crippen LogP contribution in [0.5, 0.6) is 5.75 Å². The van der Waals surface area contributed by atoms with E-state index in [-0.39, 0.29) is 11.9 Å². The first-order chi connectivity index (χ1) is 7.17. The summed E-state index contributed by atoms with van der Waals surface area (Å²) in [6.45, 7) is 0. The molecule has 1 aromatic carbocycles. The summed E-state index contributed by atoms with van der Waals surface area (Å²) in [6, 6.07) is 3.14. The molecule has 15 heavy (non-hydrogen) atoms. The number of benzene rings is 1. The van der Waals surface area contributed by atoms with Gasteiger partial charge in [0.05, 0.1) is 12.1 Å². The third-order valence-corrected chi connectivity index (χ3v) is 2.74. The van der Waals surface area contributed by atoms with Gasteiger partial charge in [0.25, 0.3) is 0 Å². The fraction of sp³-hybridized carbons (Fsp3) is 0.300. The molecule has 1 aliphatic heterocycles. The SMILES string of the molecule is CNC1C(=O)Nc2cc(OC)c(Cl)cc21. The summed E-state index contributed by atoms with van der Waals surface area (Å²) >= 11 is 5.99. The lowest BCUT2D eigenvalue weighted by atomic mass is 10.1. The second kappa shape index (κ2) is 3.72. The van der Waals surface area contributed by atoms with Crippen molar-refractivity contribution in [1.82, 2.24) is 5.32 Å². The van der Waals surface area contributed by atoms with Gasteiger partial charge < -0.3 is 15.4 Å². The van der Waals surface area contributed by atoms with Crippen LogP contribution < -0.4 is 15.4 Å². The van der Waals surface area contributed by atoms with Gasteiger partial charge in [-0.25, -0.2) is 0 Å². The summed E-state index contributed by atoms with van der Waals surface area (Å²) in [4.78, 5) is 11.5. The Kier molecular flexibility index (Phi) is 2.54. The topological polar surface area (TPSA) is 50.4 Å². The van der Waals surface area contributed by atoms with E-state index in [2.05, 4.69) is 10.6 Å². The molecule has 0 bridgehead atoms. The molecule has 1 atom stereocenters. The van der Waals surface area contributed by atoms with E-state index in [1.54, 1.807) is 26.3 Å². The minimum absolute atomic E-state index is 0.0724. The molecule has 1 heterocycles. The molecule has 80 valence electrons. The van der Waals surface area contributed by atoms with Crippen LogP contribution >= 0.6 is 11.6 Å². The number of ether oxygens (including phenoxy) is 1. The number of fused-ring (bicyclic) bond motifs is 1. The normalized spacial score (nSPS) is 18.6. The van der Waals surface area contributed by atoms with E-state index in [9.17, 15) is 4.79 Å². The van der Waals surface area contributed by atoms with Crippen LogP contribution in [-0.2, 0) is 4.79 Å². The third kappa shape index (κ3) is 1.56. The molecule has 1 unspecified atom stereocenters. The van der Waals surface area contributed by atoms with Crippen LogP contribution in [0.3, 0.4) is 0 Å². The first-order valence-electron chi connectivity index (χ1n) is 4.53. The number of nitrogens with one attached hydrogen (secondary N) is 2. The maximum absolute atomic E-state index is 11.5. The Morgan fingerprint density at radius 1 is 1.53 bits per heavy atom. The Hall–Kier alpha value is -1.26. The van der Waals surface area contributed by atoms with Gasteiger partial charge in [0.2, 0.25) is 5.91 Å². The van der Waals surface area contributed by atoms with Crippen LogP contribution in [0.15, 0.2) is 12.1 Å². The number of rotatable bonds is 2. The van der Waals surface area contributed by atoms with Crippen molar-refractivity contribution in [2.75, 3.05) is 19.5 Å². The van der Waals surface area contributed by atoms with Gasteiger partial charge in [0.1, 0.15) is 11.8 Å². The zero-order chi connectivity index (χ0) is 11.0. The lowest BCUT2D eigenvalue weighted by Gasteiger charge is -2.08. The molecule has 1 aromatic rings.